The van der Waals surface area contributed by atoms with Crippen LogP contribution in [0.25, 0.3) is 0 Å². The maximum absolute atomic E-state index is 9.81. The van der Waals surface area contributed by atoms with Crippen LogP contribution in [0.3, 0.4) is 0 Å². The molecule has 0 aromatic heterocycles. The first kappa shape index (κ1) is 27.9. The van der Waals surface area contributed by atoms with Crippen LogP contribution in [-0.4, -0.2) is 63.8 Å². The molecule has 26 heavy (non-hydrogen) atoms. The third-order valence-electron chi connectivity index (χ3n) is 3.71. The van der Waals surface area contributed by atoms with Crippen LogP contribution in [0.5, 0.6) is 0 Å². The molecule has 0 saturated heterocycles. The lowest BCUT2D eigenvalue weighted by atomic mass is 10.1. The molecule has 0 amide bonds. The average molecular weight is 389 g/mol. The molecule has 8 heteroatoms. The fourth-order valence-electron chi connectivity index (χ4n) is 2.60. The fourth-order valence-corrected chi connectivity index (χ4v) is 2.60. The lowest BCUT2D eigenvalue weighted by Crippen LogP contribution is -2.43. The van der Waals surface area contributed by atoms with Gasteiger partial charge in [-0.05, 0) is 6.42 Å². The molecule has 0 aliphatic rings. The largest absolute Gasteiger partial charge is 0.673 e. The van der Waals surface area contributed by atoms with Gasteiger partial charge in [0.25, 0.3) is 0 Å². The van der Waals surface area contributed by atoms with Gasteiger partial charge in [0.15, 0.2) is 0 Å². The Morgan fingerprint density at radius 3 is 1.58 bits per heavy atom. The molecular weight excluding hydrogens is 349 g/mol. The van der Waals surface area contributed by atoms with Gasteiger partial charge in [-0.25, -0.2) is 0 Å². The molecule has 0 fully saturated rings. The number of nitrogens with zero attached hydrogens (tertiary/aromatic N) is 1. The third kappa shape index (κ3) is 34.9. The van der Waals surface area contributed by atoms with Gasteiger partial charge in [-0.3, -0.25) is 0 Å². The minimum Gasteiger partial charge on any atom is -0.418 e. The van der Waals surface area contributed by atoms with Gasteiger partial charge in [0, 0.05) is 6.61 Å². The number of aliphatic hydroxyl groups is 1. The molecule has 160 valence electrons. The number of likely N-dealkylation sites (N-methyl/N-ethyl adjacent to an activating group) is 1. The van der Waals surface area contributed by atoms with Gasteiger partial charge in [-0.15, -0.1) is 0 Å². The Morgan fingerprint density at radius 1 is 0.808 bits per heavy atom. The van der Waals surface area contributed by atoms with E-state index in [9.17, 15) is 22.4 Å². The SMILES string of the molecule is CCCCCCCCCCCCOCC(O)C[N+](C)(C)C.F[B-](F)(F)F. The van der Waals surface area contributed by atoms with Gasteiger partial charge in [-0.2, -0.15) is 0 Å². The lowest BCUT2D eigenvalue weighted by Gasteiger charge is -2.26. The minimum atomic E-state index is -6.00. The Labute approximate surface area is 157 Å². The summed E-state index contributed by atoms with van der Waals surface area (Å²) in [4.78, 5) is 0. The monoisotopic (exact) mass is 389 g/mol. The first-order valence-corrected chi connectivity index (χ1v) is 9.89. The summed E-state index contributed by atoms with van der Waals surface area (Å²) in [5.74, 6) is 0. The second-order valence-electron chi connectivity index (χ2n) is 7.88. The molecule has 0 spiro atoms. The van der Waals surface area contributed by atoms with E-state index in [2.05, 4.69) is 28.1 Å². The van der Waals surface area contributed by atoms with Crippen molar-refractivity contribution >= 4 is 7.25 Å². The molecule has 0 bridgehead atoms. The lowest BCUT2D eigenvalue weighted by molar-refractivity contribution is -0.873. The van der Waals surface area contributed by atoms with Crippen molar-refractivity contribution in [2.75, 3.05) is 40.9 Å². The fraction of sp³-hybridized carbons (Fsp3) is 1.00. The summed E-state index contributed by atoms with van der Waals surface area (Å²) < 4.78 is 45.3. The Morgan fingerprint density at radius 2 is 1.19 bits per heavy atom. The van der Waals surface area contributed by atoms with E-state index in [1.54, 1.807) is 0 Å². The molecule has 1 atom stereocenters. The maximum Gasteiger partial charge on any atom is 0.673 e. The first-order valence-electron chi connectivity index (χ1n) is 9.89. The molecule has 1 unspecified atom stereocenters. The minimum absolute atomic E-state index is 0.340. The molecule has 0 saturated carbocycles. The predicted molar refractivity (Wildman–Crippen MR) is 102 cm³/mol. The number of ether oxygens (including phenoxy) is 1. The van der Waals surface area contributed by atoms with E-state index in [4.69, 9.17) is 4.74 Å². The normalized spacial score (nSPS) is 13.3. The Balaban J connectivity index is 0. The summed E-state index contributed by atoms with van der Waals surface area (Å²) in [6.07, 6.45) is 13.1. The van der Waals surface area contributed by atoms with Crippen molar-refractivity contribution < 1.29 is 31.6 Å². The average Bonchev–Trinajstić information content (AvgIpc) is 2.45. The summed E-state index contributed by atoms with van der Waals surface area (Å²) in [7, 11) is 0.266. The van der Waals surface area contributed by atoms with Gasteiger partial charge in [0.05, 0.1) is 27.7 Å². The topological polar surface area (TPSA) is 29.5 Å². The zero-order valence-corrected chi connectivity index (χ0v) is 17.2. The number of hydrogen-bond donors (Lipinski definition) is 1. The molecule has 0 aromatic rings. The van der Waals surface area contributed by atoms with Gasteiger partial charge in [0.1, 0.15) is 12.6 Å². The summed E-state index contributed by atoms with van der Waals surface area (Å²) in [5.41, 5.74) is 0. The van der Waals surface area contributed by atoms with Gasteiger partial charge < -0.3 is 31.6 Å². The van der Waals surface area contributed by atoms with Crippen molar-refractivity contribution in [1.29, 1.82) is 0 Å². The van der Waals surface area contributed by atoms with Crippen LogP contribution in [0.2, 0.25) is 0 Å². The smallest absolute Gasteiger partial charge is 0.418 e. The van der Waals surface area contributed by atoms with E-state index in [0.717, 1.165) is 24.1 Å². The van der Waals surface area contributed by atoms with Crippen molar-refractivity contribution in [3.63, 3.8) is 0 Å². The molecule has 0 aromatic carbocycles. The summed E-state index contributed by atoms with van der Waals surface area (Å²) in [5, 5.41) is 9.81. The van der Waals surface area contributed by atoms with E-state index in [1.807, 2.05) is 0 Å². The number of halogens is 4. The van der Waals surface area contributed by atoms with Crippen LogP contribution >= 0.6 is 0 Å². The molecule has 3 nitrogen and oxygen atoms in total. The van der Waals surface area contributed by atoms with Crippen molar-refractivity contribution in [1.82, 2.24) is 0 Å². The summed E-state index contributed by atoms with van der Waals surface area (Å²) >= 11 is 0. The highest BCUT2D eigenvalue weighted by Crippen LogP contribution is 2.10. The molecule has 1 N–H and O–H groups in total. The van der Waals surface area contributed by atoms with Gasteiger partial charge >= 0.3 is 7.25 Å². The van der Waals surface area contributed by atoms with Crippen molar-refractivity contribution in [2.24, 2.45) is 0 Å². The molecular formula is C18H40BF4NO2. The highest BCUT2D eigenvalue weighted by Gasteiger charge is 2.20. The molecule has 0 aliphatic heterocycles. The van der Waals surface area contributed by atoms with Crippen LogP contribution < -0.4 is 0 Å². The highest BCUT2D eigenvalue weighted by atomic mass is 19.5. The third-order valence-corrected chi connectivity index (χ3v) is 3.71. The van der Waals surface area contributed by atoms with Crippen LogP contribution in [0.15, 0.2) is 0 Å². The molecule has 0 rings (SSSR count). The number of quaternary nitrogens is 1. The number of unbranched alkanes of at least 4 members (excludes halogenated alkanes) is 9. The maximum atomic E-state index is 9.81. The molecule has 0 aliphatic carbocycles. The van der Waals surface area contributed by atoms with E-state index >= 15 is 0 Å². The number of aliphatic hydroxyl groups excluding tert-OH is 1. The van der Waals surface area contributed by atoms with E-state index in [0.29, 0.717) is 6.61 Å². The Bertz CT molecular complexity index is 294. The van der Waals surface area contributed by atoms with E-state index in [1.165, 1.54) is 57.8 Å². The van der Waals surface area contributed by atoms with Crippen LogP contribution in [0, 0.1) is 0 Å². The Hall–Kier alpha value is -0.335. The first-order chi connectivity index (χ1) is 12.0. The number of rotatable bonds is 15. The van der Waals surface area contributed by atoms with E-state index < -0.39 is 7.25 Å². The molecule has 0 radical (unpaired) electrons. The predicted octanol–water partition coefficient (Wildman–Crippen LogP) is 5.29. The molecule has 0 heterocycles. The zero-order chi connectivity index (χ0) is 20.5. The summed E-state index contributed by atoms with van der Waals surface area (Å²) in [6.45, 7) is 4.29. The van der Waals surface area contributed by atoms with Crippen molar-refractivity contribution in [3.05, 3.63) is 0 Å². The van der Waals surface area contributed by atoms with Gasteiger partial charge in [0.2, 0.25) is 0 Å². The highest BCUT2D eigenvalue weighted by molar-refractivity contribution is 6.50. The number of hydrogen-bond acceptors (Lipinski definition) is 2. The van der Waals surface area contributed by atoms with Crippen LogP contribution in [0.4, 0.5) is 17.3 Å². The van der Waals surface area contributed by atoms with Crippen LogP contribution in [0.1, 0.15) is 71.1 Å². The quantitative estimate of drug-likeness (QED) is 0.178. The zero-order valence-electron chi connectivity index (χ0n) is 17.2. The van der Waals surface area contributed by atoms with Gasteiger partial charge in [-0.1, -0.05) is 64.7 Å². The van der Waals surface area contributed by atoms with E-state index in [-0.39, 0.29) is 6.10 Å². The summed E-state index contributed by atoms with van der Waals surface area (Å²) in [6, 6.07) is 0. The van der Waals surface area contributed by atoms with Crippen molar-refractivity contribution in [3.8, 4) is 0 Å². The standard InChI is InChI=1S/C18H40NO2.BF4/c1-5-6-7-8-9-10-11-12-13-14-15-21-17-18(20)16-19(2,3)4;2-1(3,4)5/h18,20H,5-17H2,1-4H3;/q+1;-1. The Kier molecular flexibility index (Phi) is 18.0. The van der Waals surface area contributed by atoms with Crippen LogP contribution in [-0.2, 0) is 4.74 Å². The second-order valence-corrected chi connectivity index (χ2v) is 7.88. The second kappa shape index (κ2) is 16.8. The van der Waals surface area contributed by atoms with Crippen molar-refractivity contribution in [2.45, 2.75) is 77.2 Å².